The number of hydrogen-bond donors (Lipinski definition) is 0. The minimum absolute atomic E-state index is 0.877. The molecule has 2 nitrogen and oxygen atoms in total. The Hall–Kier alpha value is -7.94. The van der Waals surface area contributed by atoms with Gasteiger partial charge in [0, 0.05) is 33.4 Å². The van der Waals surface area contributed by atoms with Crippen molar-refractivity contribution in [3.05, 3.63) is 237 Å². The Labute approximate surface area is 349 Å². The molecule has 1 aromatic heterocycles. The van der Waals surface area contributed by atoms with Crippen molar-refractivity contribution in [2.75, 3.05) is 4.90 Å². The fourth-order valence-corrected chi connectivity index (χ4v) is 8.72. The van der Waals surface area contributed by atoms with Crippen LogP contribution in [-0.2, 0) is 0 Å². The highest BCUT2D eigenvalue weighted by molar-refractivity contribution is 6.21. The Morgan fingerprint density at radius 1 is 0.300 bits per heavy atom. The first-order valence-electron chi connectivity index (χ1n) is 20.5. The number of hydrogen-bond acceptors (Lipinski definition) is 2. The average molecular weight is 766 g/mol. The Morgan fingerprint density at radius 3 is 1.23 bits per heavy atom. The first-order valence-corrected chi connectivity index (χ1v) is 20.5. The first-order chi connectivity index (χ1) is 29.7. The number of benzene rings is 10. The third-order valence-corrected chi connectivity index (χ3v) is 11.7. The third kappa shape index (κ3) is 6.41. The summed E-state index contributed by atoms with van der Waals surface area (Å²) < 4.78 is 6.88. The van der Waals surface area contributed by atoms with Crippen LogP contribution in [0.4, 0.5) is 17.1 Å². The van der Waals surface area contributed by atoms with Gasteiger partial charge in [-0.3, -0.25) is 0 Å². The van der Waals surface area contributed by atoms with Gasteiger partial charge in [0.15, 0.2) is 0 Å². The SMILES string of the molecule is c1ccc(-c2ccc(-c3c4ccccc4cc4c3oc3cccc(-c5ccc(N(c6ccc(-c7ccccc7)cc6)c6ccc(-c7ccccc7)cc6)cc5)c34)cc2)cc1. The van der Waals surface area contributed by atoms with Gasteiger partial charge in [-0.15, -0.1) is 0 Å². The second-order valence-electron chi connectivity index (χ2n) is 15.3. The summed E-state index contributed by atoms with van der Waals surface area (Å²) in [5.74, 6) is 0. The van der Waals surface area contributed by atoms with Crippen molar-refractivity contribution in [3.8, 4) is 55.6 Å². The van der Waals surface area contributed by atoms with Crippen LogP contribution in [0, 0.1) is 0 Å². The Morgan fingerprint density at radius 2 is 0.717 bits per heavy atom. The molecule has 0 aliphatic heterocycles. The molecule has 60 heavy (non-hydrogen) atoms. The lowest BCUT2D eigenvalue weighted by Crippen LogP contribution is -2.09. The largest absolute Gasteiger partial charge is 0.455 e. The molecule has 2 heteroatoms. The molecule has 11 aromatic rings. The van der Waals surface area contributed by atoms with E-state index >= 15 is 0 Å². The average Bonchev–Trinajstić information content (AvgIpc) is 3.71. The standard InChI is InChI=1S/C58H39NO/c1-4-13-40(14-5-1)43-23-25-47(26-24-43)56-53-20-11-10-19-48(53)39-54-57-52(21-12-22-55(57)60-58(54)56)46-31-37-51(38-32-46)59(49-33-27-44(28-34-49)41-15-6-2-7-16-41)50-35-29-45(30-36-50)42-17-8-3-9-18-42/h1-39H. The Balaban J connectivity index is 1.01. The van der Waals surface area contributed by atoms with Crippen LogP contribution in [0.2, 0.25) is 0 Å². The lowest BCUT2D eigenvalue weighted by atomic mass is 9.92. The molecular formula is C58H39NO. The van der Waals surface area contributed by atoms with Crippen molar-refractivity contribution in [1.29, 1.82) is 0 Å². The molecule has 0 unspecified atom stereocenters. The van der Waals surface area contributed by atoms with Gasteiger partial charge < -0.3 is 9.32 Å². The highest BCUT2D eigenvalue weighted by atomic mass is 16.3. The summed E-state index contributed by atoms with van der Waals surface area (Å²) in [6, 6.07) is 84.6. The summed E-state index contributed by atoms with van der Waals surface area (Å²) in [6.07, 6.45) is 0. The maximum Gasteiger partial charge on any atom is 0.143 e. The van der Waals surface area contributed by atoms with Crippen LogP contribution in [0.25, 0.3) is 88.3 Å². The van der Waals surface area contributed by atoms with E-state index in [-0.39, 0.29) is 0 Å². The molecule has 10 aromatic carbocycles. The summed E-state index contributed by atoms with van der Waals surface area (Å²) >= 11 is 0. The second-order valence-corrected chi connectivity index (χ2v) is 15.3. The Bertz CT molecular complexity index is 3160. The van der Waals surface area contributed by atoms with Gasteiger partial charge in [-0.25, -0.2) is 0 Å². The van der Waals surface area contributed by atoms with Crippen LogP contribution >= 0.6 is 0 Å². The van der Waals surface area contributed by atoms with Crippen LogP contribution < -0.4 is 4.90 Å². The molecule has 11 rings (SSSR count). The highest BCUT2D eigenvalue weighted by Gasteiger charge is 2.20. The van der Waals surface area contributed by atoms with Gasteiger partial charge in [0.1, 0.15) is 11.2 Å². The van der Waals surface area contributed by atoms with Crippen LogP contribution in [0.1, 0.15) is 0 Å². The fraction of sp³-hybridized carbons (Fsp3) is 0. The zero-order chi connectivity index (χ0) is 39.8. The zero-order valence-electron chi connectivity index (χ0n) is 32.9. The van der Waals surface area contributed by atoms with Crippen molar-refractivity contribution < 1.29 is 4.42 Å². The minimum Gasteiger partial charge on any atom is -0.455 e. The van der Waals surface area contributed by atoms with Gasteiger partial charge in [-0.05, 0) is 109 Å². The molecule has 0 bridgehead atoms. The van der Waals surface area contributed by atoms with E-state index in [1.165, 1.54) is 44.2 Å². The molecule has 0 atom stereocenters. The van der Waals surface area contributed by atoms with Gasteiger partial charge in [-0.2, -0.15) is 0 Å². The van der Waals surface area contributed by atoms with Crippen LogP contribution in [0.15, 0.2) is 241 Å². The summed E-state index contributed by atoms with van der Waals surface area (Å²) in [5, 5.41) is 4.60. The molecular weight excluding hydrogens is 727 g/mol. The molecule has 0 saturated carbocycles. The van der Waals surface area contributed by atoms with E-state index in [0.29, 0.717) is 0 Å². The Kier molecular flexibility index (Phi) is 8.87. The maximum absolute atomic E-state index is 6.88. The van der Waals surface area contributed by atoms with E-state index in [1.807, 2.05) is 0 Å². The molecule has 0 saturated heterocycles. The van der Waals surface area contributed by atoms with Crippen LogP contribution in [0.3, 0.4) is 0 Å². The maximum atomic E-state index is 6.88. The van der Waals surface area contributed by atoms with Gasteiger partial charge >= 0.3 is 0 Å². The van der Waals surface area contributed by atoms with Gasteiger partial charge in [-0.1, -0.05) is 188 Å². The van der Waals surface area contributed by atoms with Crippen molar-refractivity contribution in [1.82, 2.24) is 0 Å². The summed E-state index contributed by atoms with van der Waals surface area (Å²) in [5.41, 5.74) is 16.8. The molecule has 0 aliphatic carbocycles. The summed E-state index contributed by atoms with van der Waals surface area (Å²) in [7, 11) is 0. The molecule has 0 aliphatic rings. The zero-order valence-corrected chi connectivity index (χ0v) is 32.9. The third-order valence-electron chi connectivity index (χ3n) is 11.7. The first kappa shape index (κ1) is 35.2. The fourth-order valence-electron chi connectivity index (χ4n) is 8.72. The molecule has 0 spiro atoms. The smallest absolute Gasteiger partial charge is 0.143 e. The monoisotopic (exact) mass is 765 g/mol. The van der Waals surface area contributed by atoms with Gasteiger partial charge in [0.25, 0.3) is 0 Å². The van der Waals surface area contributed by atoms with Crippen molar-refractivity contribution in [2.24, 2.45) is 0 Å². The number of anilines is 3. The number of furan rings is 1. The molecule has 282 valence electrons. The molecule has 0 fully saturated rings. The number of nitrogens with zero attached hydrogens (tertiary/aromatic N) is 1. The predicted octanol–water partition coefficient (Wildman–Crippen LogP) is 16.5. The molecule has 0 amide bonds. The normalized spacial score (nSPS) is 11.3. The van der Waals surface area contributed by atoms with Gasteiger partial charge in [0.2, 0.25) is 0 Å². The van der Waals surface area contributed by atoms with Crippen molar-refractivity contribution >= 4 is 49.8 Å². The molecule has 0 N–H and O–H groups in total. The molecule has 0 radical (unpaired) electrons. The number of fused-ring (bicyclic) bond motifs is 4. The minimum atomic E-state index is 0.877. The van der Waals surface area contributed by atoms with Crippen LogP contribution in [0.5, 0.6) is 0 Å². The van der Waals surface area contributed by atoms with E-state index in [9.17, 15) is 0 Å². The topological polar surface area (TPSA) is 16.4 Å². The van der Waals surface area contributed by atoms with E-state index in [1.54, 1.807) is 0 Å². The quantitative estimate of drug-likeness (QED) is 0.153. The summed E-state index contributed by atoms with van der Waals surface area (Å²) in [4.78, 5) is 2.34. The van der Waals surface area contributed by atoms with Crippen LogP contribution in [-0.4, -0.2) is 0 Å². The van der Waals surface area contributed by atoms with E-state index in [4.69, 9.17) is 4.42 Å². The lowest BCUT2D eigenvalue weighted by molar-refractivity contribution is 0.670. The highest BCUT2D eigenvalue weighted by Crippen LogP contribution is 2.45. The van der Waals surface area contributed by atoms with Gasteiger partial charge in [0.05, 0.1) is 0 Å². The second kappa shape index (κ2) is 15.1. The van der Waals surface area contributed by atoms with E-state index < -0.39 is 0 Å². The predicted molar refractivity (Wildman–Crippen MR) is 253 cm³/mol. The molecule has 1 heterocycles. The van der Waals surface area contributed by atoms with Crippen molar-refractivity contribution in [2.45, 2.75) is 0 Å². The van der Waals surface area contributed by atoms with E-state index in [0.717, 1.165) is 61.3 Å². The summed E-state index contributed by atoms with van der Waals surface area (Å²) in [6.45, 7) is 0. The lowest BCUT2D eigenvalue weighted by Gasteiger charge is -2.26. The van der Waals surface area contributed by atoms with E-state index in [2.05, 4.69) is 241 Å². The number of rotatable bonds is 8. The van der Waals surface area contributed by atoms with Crippen molar-refractivity contribution in [3.63, 3.8) is 0 Å².